The molecule has 0 amide bonds. The Balaban J connectivity index is 2.55. The van der Waals surface area contributed by atoms with Gasteiger partial charge in [-0.1, -0.05) is 23.2 Å². The van der Waals surface area contributed by atoms with Gasteiger partial charge in [0, 0.05) is 0 Å². The van der Waals surface area contributed by atoms with Gasteiger partial charge < -0.3 is 5.11 Å². The Kier molecular flexibility index (Phi) is 3.89. The van der Waals surface area contributed by atoms with E-state index in [-0.39, 0.29) is 20.8 Å². The lowest BCUT2D eigenvalue weighted by atomic mass is 10.2. The van der Waals surface area contributed by atoms with Gasteiger partial charge in [-0.2, -0.15) is 13.5 Å². The van der Waals surface area contributed by atoms with Crippen molar-refractivity contribution in [3.05, 3.63) is 40.0 Å². The molecule has 2 rings (SSSR count). The molecule has 20 heavy (non-hydrogen) atoms. The Labute approximate surface area is 123 Å². The molecular weight excluding hydrogens is 329 g/mol. The van der Waals surface area contributed by atoms with Gasteiger partial charge in [0.1, 0.15) is 5.56 Å². The summed E-state index contributed by atoms with van der Waals surface area (Å²) in [5, 5.41) is 14.4. The molecule has 0 saturated heterocycles. The first kappa shape index (κ1) is 14.6. The van der Waals surface area contributed by atoms with Crippen molar-refractivity contribution in [2.24, 2.45) is 0 Å². The van der Waals surface area contributed by atoms with E-state index in [0.717, 1.165) is 0 Å². The van der Waals surface area contributed by atoms with Gasteiger partial charge in [0.2, 0.25) is 0 Å². The number of aromatic carboxylic acids is 1. The Bertz CT molecular complexity index is 759. The van der Waals surface area contributed by atoms with Crippen molar-refractivity contribution in [3.63, 3.8) is 0 Å². The normalized spacial score (nSPS) is 11.3. The molecule has 0 aliphatic carbocycles. The summed E-state index contributed by atoms with van der Waals surface area (Å²) in [7, 11) is -4.04. The van der Waals surface area contributed by atoms with Crippen LogP contribution in [0.1, 0.15) is 10.4 Å². The molecule has 0 atom stereocenters. The van der Waals surface area contributed by atoms with Crippen molar-refractivity contribution < 1.29 is 18.3 Å². The average molecular weight is 336 g/mol. The molecule has 0 spiro atoms. The minimum absolute atomic E-state index is 0.0881. The second-order valence-electron chi connectivity index (χ2n) is 3.61. The van der Waals surface area contributed by atoms with Gasteiger partial charge in [-0.05, 0) is 18.2 Å². The lowest BCUT2D eigenvalue weighted by Gasteiger charge is -2.12. The van der Waals surface area contributed by atoms with E-state index in [4.69, 9.17) is 28.3 Å². The third-order valence-corrected chi connectivity index (χ3v) is 4.23. The highest BCUT2D eigenvalue weighted by atomic mass is 35.5. The third-order valence-electron chi connectivity index (χ3n) is 2.32. The molecule has 10 heteroatoms. The predicted octanol–water partition coefficient (Wildman–Crippen LogP) is 2.22. The summed E-state index contributed by atoms with van der Waals surface area (Å²) < 4.78 is 26.1. The van der Waals surface area contributed by atoms with Crippen LogP contribution < -0.4 is 4.72 Å². The molecule has 0 aliphatic heterocycles. The zero-order valence-corrected chi connectivity index (χ0v) is 11.9. The summed E-state index contributed by atoms with van der Waals surface area (Å²) >= 11 is 11.6. The molecule has 1 aromatic heterocycles. The van der Waals surface area contributed by atoms with E-state index in [0.29, 0.717) is 0 Å². The van der Waals surface area contributed by atoms with Gasteiger partial charge in [0.15, 0.2) is 5.03 Å². The summed E-state index contributed by atoms with van der Waals surface area (Å²) in [6.45, 7) is 0. The molecule has 106 valence electrons. The maximum atomic E-state index is 12.0. The van der Waals surface area contributed by atoms with Crippen LogP contribution >= 0.6 is 23.2 Å². The number of carboxylic acids is 1. The van der Waals surface area contributed by atoms with Crippen LogP contribution in [0.2, 0.25) is 10.0 Å². The van der Waals surface area contributed by atoms with E-state index in [9.17, 15) is 13.2 Å². The first-order chi connectivity index (χ1) is 9.33. The Morgan fingerprint density at radius 2 is 1.90 bits per heavy atom. The van der Waals surface area contributed by atoms with E-state index < -0.39 is 21.6 Å². The number of hydrogen-bond donors (Lipinski definition) is 3. The molecule has 2 aromatic rings. The van der Waals surface area contributed by atoms with Crippen LogP contribution in [0.5, 0.6) is 0 Å². The highest BCUT2D eigenvalue weighted by Gasteiger charge is 2.23. The molecule has 0 radical (unpaired) electrons. The van der Waals surface area contributed by atoms with E-state index in [1.807, 2.05) is 0 Å². The maximum absolute atomic E-state index is 12.0. The number of aromatic amines is 1. The summed E-state index contributed by atoms with van der Waals surface area (Å²) in [5.41, 5.74) is -0.733. The van der Waals surface area contributed by atoms with Crippen molar-refractivity contribution in [1.82, 2.24) is 10.2 Å². The first-order valence-electron chi connectivity index (χ1n) is 5.06. The van der Waals surface area contributed by atoms with Crippen molar-refractivity contribution in [3.8, 4) is 0 Å². The van der Waals surface area contributed by atoms with Crippen LogP contribution in [0.15, 0.2) is 29.4 Å². The molecule has 0 unspecified atom stereocenters. The maximum Gasteiger partial charge on any atom is 0.339 e. The highest BCUT2D eigenvalue weighted by Crippen LogP contribution is 2.33. The van der Waals surface area contributed by atoms with E-state index in [1.165, 1.54) is 24.4 Å². The van der Waals surface area contributed by atoms with Gasteiger partial charge in [-0.25, -0.2) is 4.79 Å². The van der Waals surface area contributed by atoms with E-state index in [1.54, 1.807) is 0 Å². The van der Waals surface area contributed by atoms with Crippen LogP contribution in [0, 0.1) is 0 Å². The number of nitrogens with zero attached hydrogens (tertiary/aromatic N) is 1. The predicted molar refractivity (Wildman–Crippen MR) is 72.8 cm³/mol. The quantitative estimate of drug-likeness (QED) is 0.792. The number of carboxylic acid groups (broad SMARTS) is 1. The third kappa shape index (κ3) is 2.72. The number of halogens is 2. The van der Waals surface area contributed by atoms with Crippen molar-refractivity contribution in [2.45, 2.75) is 5.03 Å². The SMILES string of the molecule is O=C(O)c1c(Cl)ccc(Cl)c1NS(=O)(=O)c1ccn[nH]1. The van der Waals surface area contributed by atoms with Crippen molar-refractivity contribution in [1.29, 1.82) is 0 Å². The van der Waals surface area contributed by atoms with E-state index in [2.05, 4.69) is 14.9 Å². The molecule has 0 saturated carbocycles. The number of sulfonamides is 1. The number of nitrogens with one attached hydrogen (secondary N) is 2. The van der Waals surface area contributed by atoms with Crippen molar-refractivity contribution >= 4 is 44.9 Å². The molecule has 7 nitrogen and oxygen atoms in total. The average Bonchev–Trinajstić information content (AvgIpc) is 2.87. The van der Waals surface area contributed by atoms with Gasteiger partial charge in [-0.3, -0.25) is 9.82 Å². The lowest BCUT2D eigenvalue weighted by molar-refractivity contribution is 0.0698. The topological polar surface area (TPSA) is 112 Å². The van der Waals surface area contributed by atoms with Crippen LogP contribution in [0.4, 0.5) is 5.69 Å². The zero-order chi connectivity index (χ0) is 14.9. The summed E-state index contributed by atoms with van der Waals surface area (Å²) in [4.78, 5) is 11.2. The minimum Gasteiger partial charge on any atom is -0.478 e. The number of aromatic nitrogens is 2. The first-order valence-corrected chi connectivity index (χ1v) is 7.30. The van der Waals surface area contributed by atoms with E-state index >= 15 is 0 Å². The fourth-order valence-corrected chi connectivity index (χ4v) is 2.95. The number of anilines is 1. The van der Waals surface area contributed by atoms with Crippen LogP contribution in [-0.2, 0) is 10.0 Å². The fourth-order valence-electron chi connectivity index (χ4n) is 1.44. The Hall–Kier alpha value is -1.77. The smallest absolute Gasteiger partial charge is 0.339 e. The van der Waals surface area contributed by atoms with Gasteiger partial charge in [0.05, 0.1) is 21.9 Å². The van der Waals surface area contributed by atoms with Crippen LogP contribution in [0.3, 0.4) is 0 Å². The highest BCUT2D eigenvalue weighted by molar-refractivity contribution is 7.92. The van der Waals surface area contributed by atoms with Crippen molar-refractivity contribution in [2.75, 3.05) is 4.72 Å². The number of carbonyl (C=O) groups is 1. The fraction of sp³-hybridized carbons (Fsp3) is 0. The second kappa shape index (κ2) is 5.31. The molecule has 3 N–H and O–H groups in total. The lowest BCUT2D eigenvalue weighted by Crippen LogP contribution is -2.16. The zero-order valence-electron chi connectivity index (χ0n) is 9.59. The molecular formula is C10H7Cl2N3O4S. The molecule has 1 heterocycles. The van der Waals surface area contributed by atoms with Gasteiger partial charge >= 0.3 is 5.97 Å². The summed E-state index contributed by atoms with van der Waals surface area (Å²) in [6.07, 6.45) is 1.24. The Morgan fingerprint density at radius 3 is 2.45 bits per heavy atom. The molecule has 0 aliphatic rings. The largest absolute Gasteiger partial charge is 0.478 e. The summed E-state index contributed by atoms with van der Waals surface area (Å²) in [5.74, 6) is -1.40. The number of hydrogen-bond acceptors (Lipinski definition) is 4. The number of rotatable bonds is 4. The molecule has 0 fully saturated rings. The Morgan fingerprint density at radius 1 is 1.25 bits per heavy atom. The second-order valence-corrected chi connectivity index (χ2v) is 6.08. The minimum atomic E-state index is -4.04. The van der Waals surface area contributed by atoms with Gasteiger partial charge in [-0.15, -0.1) is 0 Å². The van der Waals surface area contributed by atoms with Crippen LogP contribution in [0.25, 0.3) is 0 Å². The number of H-pyrrole nitrogens is 1. The molecule has 0 bridgehead atoms. The molecule has 1 aromatic carbocycles. The van der Waals surface area contributed by atoms with Crippen LogP contribution in [-0.4, -0.2) is 29.7 Å². The monoisotopic (exact) mass is 335 g/mol. The summed E-state index contributed by atoms with van der Waals surface area (Å²) in [6, 6.07) is 3.77. The standard InChI is InChI=1S/C10H7Cl2N3O4S/c11-5-1-2-6(12)9(8(5)10(16)17)15-20(18,19)7-3-4-13-14-7/h1-4,15H,(H,13,14)(H,16,17). The van der Waals surface area contributed by atoms with Gasteiger partial charge in [0.25, 0.3) is 10.0 Å². The number of benzene rings is 1.